The average Bonchev–Trinajstić information content (AvgIpc) is 2.78. The van der Waals surface area contributed by atoms with E-state index >= 15 is 0 Å². The van der Waals surface area contributed by atoms with Crippen molar-refractivity contribution in [1.29, 1.82) is 0 Å². The number of carbonyl (C=O) groups excluding carboxylic acids is 2. The van der Waals surface area contributed by atoms with Crippen LogP contribution in [0.2, 0.25) is 0 Å². The molecule has 6 nitrogen and oxygen atoms in total. The Morgan fingerprint density at radius 2 is 1.71 bits per heavy atom. The third-order valence-corrected chi connectivity index (χ3v) is 5.35. The zero-order valence-corrected chi connectivity index (χ0v) is 18.4. The van der Waals surface area contributed by atoms with Gasteiger partial charge in [-0.3, -0.25) is 4.79 Å². The number of carbonyl (C=O) groups is 2. The molecule has 0 saturated carbocycles. The molecule has 3 rings (SSSR count). The van der Waals surface area contributed by atoms with E-state index in [1.807, 2.05) is 61.2 Å². The van der Waals surface area contributed by atoms with Gasteiger partial charge in [0.15, 0.2) is 0 Å². The van der Waals surface area contributed by atoms with Crippen molar-refractivity contribution in [3.63, 3.8) is 0 Å². The lowest BCUT2D eigenvalue weighted by molar-refractivity contribution is -0.898. The van der Waals surface area contributed by atoms with Gasteiger partial charge < -0.3 is 20.4 Å². The number of rotatable bonds is 7. The minimum Gasteiger partial charge on any atom is -0.336 e. The highest BCUT2D eigenvalue weighted by molar-refractivity contribution is 5.94. The normalized spacial score (nSPS) is 14.7. The van der Waals surface area contributed by atoms with Crippen molar-refractivity contribution < 1.29 is 14.5 Å². The third-order valence-electron chi connectivity index (χ3n) is 5.35. The molecule has 0 aliphatic carbocycles. The molecule has 1 heterocycles. The number of hydrogen-bond donors (Lipinski definition) is 3. The molecule has 31 heavy (non-hydrogen) atoms. The number of amides is 3. The molecule has 1 saturated heterocycles. The van der Waals surface area contributed by atoms with Gasteiger partial charge in [0.05, 0.1) is 32.7 Å². The summed E-state index contributed by atoms with van der Waals surface area (Å²) in [5.74, 6) is 0.0796. The van der Waals surface area contributed by atoms with E-state index in [2.05, 4.69) is 34.9 Å². The van der Waals surface area contributed by atoms with Crippen molar-refractivity contribution in [1.82, 2.24) is 15.5 Å². The summed E-state index contributed by atoms with van der Waals surface area (Å²) in [4.78, 5) is 27.9. The van der Waals surface area contributed by atoms with Gasteiger partial charge in [0.25, 0.3) is 5.91 Å². The lowest BCUT2D eigenvalue weighted by Crippen LogP contribution is -3.14. The number of benzene rings is 2. The van der Waals surface area contributed by atoms with E-state index in [1.165, 1.54) is 10.5 Å². The summed E-state index contributed by atoms with van der Waals surface area (Å²) >= 11 is 0. The van der Waals surface area contributed by atoms with Crippen LogP contribution in [0.25, 0.3) is 6.08 Å². The molecule has 0 radical (unpaired) electrons. The van der Waals surface area contributed by atoms with Crippen molar-refractivity contribution in [2.75, 3.05) is 32.7 Å². The van der Waals surface area contributed by atoms with Crippen molar-refractivity contribution in [3.8, 4) is 0 Å². The van der Waals surface area contributed by atoms with E-state index in [-0.39, 0.29) is 18.0 Å². The van der Waals surface area contributed by atoms with Crippen LogP contribution < -0.4 is 15.5 Å². The van der Waals surface area contributed by atoms with E-state index in [0.717, 1.165) is 38.3 Å². The Morgan fingerprint density at radius 1 is 1.03 bits per heavy atom. The molecular weight excluding hydrogens is 388 g/mol. The predicted octanol–water partition coefficient (Wildman–Crippen LogP) is 1.95. The average molecular weight is 422 g/mol. The van der Waals surface area contributed by atoms with Crippen molar-refractivity contribution >= 4 is 18.0 Å². The summed E-state index contributed by atoms with van der Waals surface area (Å²) in [5.41, 5.74) is 2.88. The van der Waals surface area contributed by atoms with E-state index in [4.69, 9.17) is 0 Å². The van der Waals surface area contributed by atoms with Crippen LogP contribution in [0.4, 0.5) is 4.79 Å². The van der Waals surface area contributed by atoms with Crippen LogP contribution in [0.15, 0.2) is 60.7 Å². The molecule has 0 atom stereocenters. The van der Waals surface area contributed by atoms with Gasteiger partial charge in [0.2, 0.25) is 0 Å². The van der Waals surface area contributed by atoms with Crippen molar-refractivity contribution in [2.45, 2.75) is 26.4 Å². The largest absolute Gasteiger partial charge is 0.336 e. The second-order valence-electron chi connectivity index (χ2n) is 8.24. The predicted molar refractivity (Wildman–Crippen MR) is 124 cm³/mol. The fourth-order valence-corrected chi connectivity index (χ4v) is 3.60. The minimum absolute atomic E-state index is 0.0796. The van der Waals surface area contributed by atoms with E-state index < -0.39 is 0 Å². The molecule has 6 heteroatoms. The van der Waals surface area contributed by atoms with E-state index in [9.17, 15) is 9.59 Å². The topological polar surface area (TPSA) is 65.9 Å². The highest BCUT2D eigenvalue weighted by Crippen LogP contribution is 2.08. The molecule has 0 unspecified atom stereocenters. The SMILES string of the molecule is CC(C)NC(=O)NCc1ccc(C(=O)N2CC[NH+](C/C=C/c3ccccc3)CC2)cc1. The molecule has 0 spiro atoms. The smallest absolute Gasteiger partial charge is 0.315 e. The Labute approximate surface area is 184 Å². The monoisotopic (exact) mass is 421 g/mol. The molecular formula is C25H33N4O2+. The Balaban J connectivity index is 1.42. The zero-order valence-electron chi connectivity index (χ0n) is 18.4. The highest BCUT2D eigenvalue weighted by Gasteiger charge is 2.23. The summed E-state index contributed by atoms with van der Waals surface area (Å²) < 4.78 is 0. The number of urea groups is 1. The number of hydrogen-bond acceptors (Lipinski definition) is 2. The van der Waals surface area contributed by atoms with Crippen LogP contribution in [-0.4, -0.2) is 55.6 Å². The van der Waals surface area contributed by atoms with Crippen LogP contribution in [0.1, 0.15) is 35.3 Å². The molecule has 1 aliphatic heterocycles. The number of nitrogens with one attached hydrogen (secondary N) is 3. The molecule has 164 valence electrons. The van der Waals surface area contributed by atoms with E-state index in [0.29, 0.717) is 12.1 Å². The molecule has 1 fully saturated rings. The first kappa shape index (κ1) is 22.6. The Morgan fingerprint density at radius 3 is 2.35 bits per heavy atom. The van der Waals surface area contributed by atoms with Crippen molar-refractivity contribution in [2.24, 2.45) is 0 Å². The lowest BCUT2D eigenvalue weighted by atomic mass is 10.1. The van der Waals surface area contributed by atoms with Crippen LogP contribution in [-0.2, 0) is 6.54 Å². The first-order chi connectivity index (χ1) is 15.0. The minimum atomic E-state index is -0.186. The number of quaternary nitrogens is 1. The molecule has 3 amide bonds. The lowest BCUT2D eigenvalue weighted by Gasteiger charge is -2.31. The maximum absolute atomic E-state index is 12.8. The van der Waals surface area contributed by atoms with Gasteiger partial charge in [-0.25, -0.2) is 4.79 Å². The number of nitrogens with zero attached hydrogens (tertiary/aromatic N) is 1. The second-order valence-corrected chi connectivity index (χ2v) is 8.24. The quantitative estimate of drug-likeness (QED) is 0.640. The van der Waals surface area contributed by atoms with Crippen LogP contribution in [0.5, 0.6) is 0 Å². The van der Waals surface area contributed by atoms with Crippen molar-refractivity contribution in [3.05, 3.63) is 77.4 Å². The molecule has 0 aromatic heterocycles. The highest BCUT2D eigenvalue weighted by atomic mass is 16.2. The van der Waals surface area contributed by atoms with Gasteiger partial charge in [0.1, 0.15) is 0 Å². The molecule has 1 aliphatic rings. The Bertz CT molecular complexity index is 870. The fraction of sp³-hybridized carbons (Fsp3) is 0.360. The standard InChI is InChI=1S/C25H32N4O2/c1-20(2)27-25(31)26-19-22-10-12-23(13-11-22)24(30)29-17-15-28(16-18-29)14-6-9-21-7-4-3-5-8-21/h3-13,20H,14-19H2,1-2H3,(H2,26,27,31)/p+1/b9-6+. The summed E-state index contributed by atoms with van der Waals surface area (Å²) in [6.07, 6.45) is 4.38. The Hall–Kier alpha value is -3.12. The van der Waals surface area contributed by atoms with Gasteiger partial charge in [-0.1, -0.05) is 48.5 Å². The maximum Gasteiger partial charge on any atom is 0.315 e. The summed E-state index contributed by atoms with van der Waals surface area (Å²) in [7, 11) is 0. The molecule has 2 aromatic carbocycles. The van der Waals surface area contributed by atoms with Crippen LogP contribution in [0, 0.1) is 0 Å². The second kappa shape index (κ2) is 11.3. The summed E-state index contributed by atoms with van der Waals surface area (Å²) in [5, 5.41) is 5.61. The third kappa shape index (κ3) is 7.26. The van der Waals surface area contributed by atoms with Gasteiger partial charge in [-0.05, 0) is 43.2 Å². The van der Waals surface area contributed by atoms with Crippen LogP contribution in [0.3, 0.4) is 0 Å². The molecule has 2 aromatic rings. The maximum atomic E-state index is 12.8. The summed E-state index contributed by atoms with van der Waals surface area (Å²) in [6, 6.07) is 17.7. The summed E-state index contributed by atoms with van der Waals surface area (Å²) in [6.45, 7) is 8.70. The van der Waals surface area contributed by atoms with Gasteiger partial charge in [-0.15, -0.1) is 0 Å². The Kier molecular flexibility index (Phi) is 8.24. The van der Waals surface area contributed by atoms with Gasteiger partial charge in [-0.2, -0.15) is 0 Å². The first-order valence-electron chi connectivity index (χ1n) is 11.0. The van der Waals surface area contributed by atoms with Gasteiger partial charge >= 0.3 is 6.03 Å². The fourth-order valence-electron chi connectivity index (χ4n) is 3.60. The molecule has 3 N–H and O–H groups in total. The van der Waals surface area contributed by atoms with Crippen LogP contribution >= 0.6 is 0 Å². The first-order valence-corrected chi connectivity index (χ1v) is 11.0. The number of piperazine rings is 1. The van der Waals surface area contributed by atoms with E-state index in [1.54, 1.807) is 0 Å². The zero-order chi connectivity index (χ0) is 22.1. The van der Waals surface area contributed by atoms with Gasteiger partial charge in [0, 0.05) is 18.2 Å². The molecule has 0 bridgehead atoms.